The molecule has 6 heteroatoms. The summed E-state index contributed by atoms with van der Waals surface area (Å²) in [7, 11) is -1.39. The third-order valence-electron chi connectivity index (χ3n) is 2.84. The minimum Gasteiger partial charge on any atom is -0.388 e. The highest BCUT2D eigenvalue weighted by Crippen LogP contribution is 2.36. The van der Waals surface area contributed by atoms with E-state index in [4.69, 9.17) is 9.47 Å². The number of hydrogen-bond donors (Lipinski definition) is 2. The fourth-order valence-electron chi connectivity index (χ4n) is 2.03. The summed E-state index contributed by atoms with van der Waals surface area (Å²) in [6, 6.07) is 0. The van der Waals surface area contributed by atoms with Crippen LogP contribution < -0.4 is 0 Å². The van der Waals surface area contributed by atoms with Crippen molar-refractivity contribution in [3.63, 3.8) is 0 Å². The van der Waals surface area contributed by atoms with Gasteiger partial charge in [-0.25, -0.2) is 0 Å². The number of rotatable bonds is 3. The predicted molar refractivity (Wildman–Crippen MR) is 53.7 cm³/mol. The average Bonchev–Trinajstić information content (AvgIpc) is 2.72. The molecular weight excluding hydrogens is 220 g/mol. The van der Waals surface area contributed by atoms with Gasteiger partial charge in [0.2, 0.25) is 0 Å². The zero-order valence-corrected chi connectivity index (χ0v) is 9.40. The van der Waals surface area contributed by atoms with Crippen LogP contribution in [0.25, 0.3) is 0 Å². The molecule has 2 fully saturated rings. The Kier molecular flexibility index (Phi) is 3.14. The van der Waals surface area contributed by atoms with E-state index in [0.717, 1.165) is 6.42 Å². The molecule has 0 aliphatic carbocycles. The van der Waals surface area contributed by atoms with Crippen molar-refractivity contribution >= 4 is 10.8 Å². The largest absolute Gasteiger partial charge is 0.388 e. The van der Waals surface area contributed by atoms with E-state index in [0.29, 0.717) is 5.75 Å². The van der Waals surface area contributed by atoms with Gasteiger partial charge in [0, 0.05) is 5.75 Å². The molecule has 2 aliphatic heterocycles. The van der Waals surface area contributed by atoms with E-state index in [-0.39, 0.29) is 13.2 Å². The lowest BCUT2D eigenvalue weighted by molar-refractivity contribution is -0.0165. The molecule has 15 heavy (non-hydrogen) atoms. The number of fused-ring (bicyclic) bond motifs is 1. The van der Waals surface area contributed by atoms with Gasteiger partial charge in [0.1, 0.15) is 18.3 Å². The fourth-order valence-corrected chi connectivity index (χ4v) is 3.42. The van der Waals surface area contributed by atoms with Crippen LogP contribution in [0.5, 0.6) is 0 Å². The first-order chi connectivity index (χ1) is 7.09. The van der Waals surface area contributed by atoms with Gasteiger partial charge in [-0.15, -0.1) is 0 Å². The zero-order chi connectivity index (χ0) is 11.1. The molecule has 0 unspecified atom stereocenters. The fraction of sp³-hybridized carbons (Fsp3) is 1.00. The monoisotopic (exact) mass is 236 g/mol. The number of aliphatic hydroxyl groups excluding tert-OH is 1. The number of ether oxygens (including phenoxy) is 2. The van der Waals surface area contributed by atoms with E-state index in [1.165, 1.54) is 0 Å². The van der Waals surface area contributed by atoms with Crippen molar-refractivity contribution in [1.29, 1.82) is 0 Å². The van der Waals surface area contributed by atoms with Gasteiger partial charge in [0.15, 0.2) is 4.93 Å². The third kappa shape index (κ3) is 1.74. The quantitative estimate of drug-likeness (QED) is 0.657. The Labute approximate surface area is 90.8 Å². The molecule has 0 saturated carbocycles. The van der Waals surface area contributed by atoms with Crippen molar-refractivity contribution in [2.75, 3.05) is 19.0 Å². The van der Waals surface area contributed by atoms with Gasteiger partial charge in [-0.1, -0.05) is 6.92 Å². The van der Waals surface area contributed by atoms with Crippen LogP contribution in [0.3, 0.4) is 0 Å². The molecule has 0 aromatic heterocycles. The molecule has 0 amide bonds. The third-order valence-corrected chi connectivity index (χ3v) is 4.75. The Morgan fingerprint density at radius 3 is 2.93 bits per heavy atom. The Balaban J connectivity index is 2.13. The van der Waals surface area contributed by atoms with Gasteiger partial charge < -0.3 is 19.7 Å². The smallest absolute Gasteiger partial charge is 0.191 e. The van der Waals surface area contributed by atoms with E-state index >= 15 is 0 Å². The summed E-state index contributed by atoms with van der Waals surface area (Å²) in [6.45, 7) is 2.02. The van der Waals surface area contributed by atoms with Crippen molar-refractivity contribution in [2.45, 2.75) is 36.6 Å². The van der Waals surface area contributed by atoms with Crippen LogP contribution in [0, 0.1) is 0 Å². The van der Waals surface area contributed by atoms with Crippen molar-refractivity contribution in [3.05, 3.63) is 0 Å². The molecule has 88 valence electrons. The maximum atomic E-state index is 11.8. The lowest BCUT2D eigenvalue weighted by Crippen LogP contribution is -2.48. The molecule has 2 heterocycles. The van der Waals surface area contributed by atoms with Gasteiger partial charge in [-0.2, -0.15) is 0 Å². The molecular formula is C9H16O5S. The minimum absolute atomic E-state index is 0.0218. The van der Waals surface area contributed by atoms with Gasteiger partial charge in [-0.05, 0) is 6.42 Å². The van der Waals surface area contributed by atoms with Crippen molar-refractivity contribution in [2.24, 2.45) is 0 Å². The number of hydrogen-bond acceptors (Lipinski definition) is 5. The van der Waals surface area contributed by atoms with Crippen molar-refractivity contribution < 1.29 is 23.9 Å². The second kappa shape index (κ2) is 4.10. The van der Waals surface area contributed by atoms with Crippen LogP contribution in [0.15, 0.2) is 0 Å². The first kappa shape index (κ1) is 11.5. The van der Waals surface area contributed by atoms with Crippen LogP contribution in [0.4, 0.5) is 0 Å². The molecule has 2 rings (SSSR count). The molecule has 0 aromatic carbocycles. The summed E-state index contributed by atoms with van der Waals surface area (Å²) in [5, 5.41) is 19.7. The first-order valence-electron chi connectivity index (χ1n) is 5.11. The topological polar surface area (TPSA) is 76.0 Å². The van der Waals surface area contributed by atoms with Gasteiger partial charge in [0.25, 0.3) is 0 Å². The van der Waals surface area contributed by atoms with Crippen molar-refractivity contribution in [3.8, 4) is 0 Å². The molecule has 2 saturated heterocycles. The Hall–Kier alpha value is -0.0100. The van der Waals surface area contributed by atoms with Gasteiger partial charge in [-0.3, -0.25) is 4.21 Å². The SMILES string of the molecule is CCC[S@@](=O)[C@]1(O)CO[C@@H]2[C@H](O)CO[C@@H]21. The molecule has 5 atom stereocenters. The van der Waals surface area contributed by atoms with Crippen LogP contribution >= 0.6 is 0 Å². The maximum Gasteiger partial charge on any atom is 0.191 e. The second-order valence-electron chi connectivity index (χ2n) is 3.99. The Morgan fingerprint density at radius 2 is 2.27 bits per heavy atom. The molecule has 2 aliphatic rings. The highest BCUT2D eigenvalue weighted by atomic mass is 32.2. The summed E-state index contributed by atoms with van der Waals surface area (Å²) in [5.41, 5.74) is 0. The van der Waals surface area contributed by atoms with Crippen LogP contribution in [-0.4, -0.2) is 56.6 Å². The predicted octanol–water partition coefficient (Wildman–Crippen LogP) is -1.01. The number of aliphatic hydroxyl groups is 2. The molecule has 0 spiro atoms. The van der Waals surface area contributed by atoms with E-state index < -0.39 is 34.0 Å². The van der Waals surface area contributed by atoms with Crippen LogP contribution in [0.1, 0.15) is 13.3 Å². The van der Waals surface area contributed by atoms with Crippen LogP contribution in [-0.2, 0) is 20.3 Å². The standard InChI is InChI=1S/C9H16O5S/c1-2-3-15(12)9(11)5-14-7-6(10)4-13-8(7)9/h6-8,10-11H,2-5H2,1H3/t6-,7-,8+,9-,15-/m1/s1. The summed E-state index contributed by atoms with van der Waals surface area (Å²) >= 11 is 0. The van der Waals surface area contributed by atoms with Gasteiger partial charge in [0.05, 0.1) is 24.0 Å². The highest BCUT2D eigenvalue weighted by Gasteiger charge is 2.58. The summed E-state index contributed by atoms with van der Waals surface area (Å²) in [5.74, 6) is 0.419. The molecule has 5 nitrogen and oxygen atoms in total. The average molecular weight is 236 g/mol. The van der Waals surface area contributed by atoms with Gasteiger partial charge >= 0.3 is 0 Å². The lowest BCUT2D eigenvalue weighted by Gasteiger charge is -2.25. The van der Waals surface area contributed by atoms with E-state index in [1.54, 1.807) is 0 Å². The molecule has 2 N–H and O–H groups in total. The highest BCUT2D eigenvalue weighted by molar-refractivity contribution is 7.86. The van der Waals surface area contributed by atoms with E-state index in [9.17, 15) is 14.4 Å². The molecule has 0 aromatic rings. The Bertz CT molecular complexity index is 271. The van der Waals surface area contributed by atoms with Crippen LogP contribution in [0.2, 0.25) is 0 Å². The minimum atomic E-state index is -1.45. The molecule has 0 bridgehead atoms. The Morgan fingerprint density at radius 1 is 1.53 bits per heavy atom. The van der Waals surface area contributed by atoms with Crippen molar-refractivity contribution in [1.82, 2.24) is 0 Å². The first-order valence-corrected chi connectivity index (χ1v) is 6.43. The normalized spacial score (nSPS) is 46.7. The van der Waals surface area contributed by atoms with E-state index in [1.807, 2.05) is 6.92 Å². The summed E-state index contributed by atoms with van der Waals surface area (Å²) in [4.78, 5) is -1.45. The summed E-state index contributed by atoms with van der Waals surface area (Å²) in [6.07, 6.45) is -1.17. The van der Waals surface area contributed by atoms with E-state index in [2.05, 4.69) is 0 Å². The lowest BCUT2D eigenvalue weighted by atomic mass is 10.1. The summed E-state index contributed by atoms with van der Waals surface area (Å²) < 4.78 is 22.3. The molecule has 0 radical (unpaired) electrons. The zero-order valence-electron chi connectivity index (χ0n) is 8.59. The maximum absolute atomic E-state index is 11.8. The second-order valence-corrected chi connectivity index (χ2v) is 5.80.